The molecule has 0 unspecified atom stereocenters. The van der Waals surface area contributed by atoms with Crippen LogP contribution in [0.4, 0.5) is 5.95 Å². The second kappa shape index (κ2) is 8.13. The maximum Gasteiger partial charge on any atom is 0.225 e. The van der Waals surface area contributed by atoms with Crippen molar-refractivity contribution < 1.29 is 18.3 Å². The van der Waals surface area contributed by atoms with Crippen molar-refractivity contribution in [3.63, 3.8) is 0 Å². The number of sulfonamides is 1. The van der Waals surface area contributed by atoms with Crippen LogP contribution in [0.5, 0.6) is 0 Å². The number of rotatable bonds is 6. The molecule has 3 heterocycles. The van der Waals surface area contributed by atoms with Gasteiger partial charge in [0.1, 0.15) is 0 Å². The molecule has 9 nitrogen and oxygen atoms in total. The Bertz CT molecular complexity index is 691. The molecule has 2 aliphatic heterocycles. The Balaban J connectivity index is 1.56. The highest BCUT2D eigenvalue weighted by Crippen LogP contribution is 2.21. The molecule has 1 aromatic rings. The normalized spacial score (nSPS) is 25.2. The number of ether oxygens (including phenoxy) is 1. The first-order valence-electron chi connectivity index (χ1n) is 8.79. The van der Waals surface area contributed by atoms with Gasteiger partial charge < -0.3 is 14.7 Å². The van der Waals surface area contributed by atoms with E-state index in [1.165, 1.54) is 18.4 Å². The van der Waals surface area contributed by atoms with Gasteiger partial charge in [-0.25, -0.2) is 22.7 Å². The van der Waals surface area contributed by atoms with E-state index < -0.39 is 16.1 Å². The fraction of sp³-hybridized carbons (Fsp3) is 0.750. The summed E-state index contributed by atoms with van der Waals surface area (Å²) in [5.41, 5.74) is 0.949. The molecular weight excluding hydrogens is 358 g/mol. The van der Waals surface area contributed by atoms with E-state index in [0.29, 0.717) is 38.8 Å². The van der Waals surface area contributed by atoms with Gasteiger partial charge in [-0.2, -0.15) is 0 Å². The van der Waals surface area contributed by atoms with Crippen molar-refractivity contribution in [1.82, 2.24) is 19.2 Å². The number of hydrogen-bond acceptors (Lipinski definition) is 8. The monoisotopic (exact) mass is 385 g/mol. The molecule has 0 aromatic carbocycles. The molecule has 10 heteroatoms. The molecule has 26 heavy (non-hydrogen) atoms. The number of morpholine rings is 1. The van der Waals surface area contributed by atoms with Gasteiger partial charge in [-0.15, -0.1) is 0 Å². The molecule has 1 N–H and O–H groups in total. The van der Waals surface area contributed by atoms with Crippen LogP contribution in [0, 0.1) is 5.92 Å². The highest BCUT2D eigenvalue weighted by molar-refractivity contribution is 7.89. The van der Waals surface area contributed by atoms with Gasteiger partial charge in [0.25, 0.3) is 0 Å². The number of aromatic nitrogens is 2. The molecule has 2 saturated heterocycles. The minimum atomic E-state index is -3.32. The van der Waals surface area contributed by atoms with Gasteiger partial charge in [-0.1, -0.05) is 0 Å². The number of nitrogens with zero attached hydrogens (tertiary/aromatic N) is 5. The van der Waals surface area contributed by atoms with E-state index >= 15 is 0 Å². The number of aliphatic hydroxyl groups excluding tert-OH is 1. The minimum Gasteiger partial charge on any atom is -0.391 e. The summed E-state index contributed by atoms with van der Waals surface area (Å²) in [6.45, 7) is 4.55. The van der Waals surface area contributed by atoms with Gasteiger partial charge in [-0.3, -0.25) is 4.90 Å². The van der Waals surface area contributed by atoms with Gasteiger partial charge in [-0.05, 0) is 0 Å². The zero-order chi connectivity index (χ0) is 18.7. The molecule has 3 rings (SSSR count). The van der Waals surface area contributed by atoms with Crippen LogP contribution in [0.3, 0.4) is 0 Å². The van der Waals surface area contributed by atoms with E-state index in [9.17, 15) is 13.5 Å². The van der Waals surface area contributed by atoms with Crippen molar-refractivity contribution in [2.45, 2.75) is 12.6 Å². The molecule has 1 aromatic heterocycles. The highest BCUT2D eigenvalue weighted by Gasteiger charge is 2.35. The lowest BCUT2D eigenvalue weighted by molar-refractivity contribution is 0.122. The Morgan fingerprint density at radius 2 is 1.88 bits per heavy atom. The first kappa shape index (κ1) is 19.4. The van der Waals surface area contributed by atoms with Crippen molar-refractivity contribution in [2.75, 3.05) is 64.1 Å². The van der Waals surface area contributed by atoms with Crippen molar-refractivity contribution >= 4 is 16.0 Å². The lowest BCUT2D eigenvalue weighted by Crippen LogP contribution is -2.37. The van der Waals surface area contributed by atoms with Gasteiger partial charge in [0.2, 0.25) is 16.0 Å². The van der Waals surface area contributed by atoms with E-state index in [1.807, 2.05) is 4.90 Å². The van der Waals surface area contributed by atoms with Crippen LogP contribution < -0.4 is 4.90 Å². The van der Waals surface area contributed by atoms with Gasteiger partial charge in [0, 0.05) is 70.7 Å². The fourth-order valence-corrected chi connectivity index (χ4v) is 4.44. The number of hydrogen-bond donors (Lipinski definition) is 1. The third-order valence-electron chi connectivity index (χ3n) is 4.85. The first-order chi connectivity index (χ1) is 12.3. The molecule has 2 fully saturated rings. The van der Waals surface area contributed by atoms with Crippen molar-refractivity contribution in [2.24, 2.45) is 5.92 Å². The minimum absolute atomic E-state index is 0.0376. The van der Waals surface area contributed by atoms with E-state index in [1.54, 1.807) is 12.4 Å². The Labute approximate surface area is 154 Å². The number of β-amino-alcohol motifs (C(OH)–C–C–N with tert-alkyl or cyclic N) is 1. The van der Waals surface area contributed by atoms with E-state index in [0.717, 1.165) is 18.7 Å². The van der Waals surface area contributed by atoms with Crippen LogP contribution in [-0.2, 0) is 21.3 Å². The number of aliphatic hydroxyl groups is 1. The number of likely N-dealkylation sites (tertiary alicyclic amines) is 1. The van der Waals surface area contributed by atoms with Crippen molar-refractivity contribution in [1.29, 1.82) is 0 Å². The Morgan fingerprint density at radius 1 is 1.23 bits per heavy atom. The predicted molar refractivity (Wildman–Crippen MR) is 97.3 cm³/mol. The summed E-state index contributed by atoms with van der Waals surface area (Å²) in [5, 5.41) is 10.2. The Morgan fingerprint density at radius 3 is 2.50 bits per heavy atom. The largest absolute Gasteiger partial charge is 0.391 e. The van der Waals surface area contributed by atoms with E-state index in [-0.39, 0.29) is 11.7 Å². The topological polar surface area (TPSA) is 99.1 Å². The fourth-order valence-electron chi connectivity index (χ4n) is 3.27. The van der Waals surface area contributed by atoms with Gasteiger partial charge in [0.05, 0.1) is 25.1 Å². The smallest absolute Gasteiger partial charge is 0.225 e. The highest BCUT2D eigenvalue weighted by atomic mass is 32.2. The molecule has 0 spiro atoms. The summed E-state index contributed by atoms with van der Waals surface area (Å²) >= 11 is 0. The average molecular weight is 385 g/mol. The molecule has 0 saturated carbocycles. The molecule has 146 valence electrons. The summed E-state index contributed by atoms with van der Waals surface area (Å²) in [6.07, 6.45) is 2.96. The Hall–Kier alpha value is -1.33. The Kier molecular flexibility index (Phi) is 6.08. The molecule has 0 amide bonds. The third kappa shape index (κ3) is 4.68. The molecule has 2 aliphatic rings. The molecule has 2 atom stereocenters. The summed E-state index contributed by atoms with van der Waals surface area (Å²) in [5.74, 6) is 0.383. The standard InChI is InChI=1S/C16H27N5O4S/c1-19(2)26(23,24)12-14-10-20(11-15(14)22)9-13-7-17-16(18-8-13)21-3-5-25-6-4-21/h7-8,14-15,22H,3-6,9-12H2,1-2H3/t14-,15-/m0/s1. The maximum absolute atomic E-state index is 12.0. The second-order valence-electron chi connectivity index (χ2n) is 7.07. The lowest BCUT2D eigenvalue weighted by Gasteiger charge is -2.26. The predicted octanol–water partition coefficient (Wildman–Crippen LogP) is -1.00. The van der Waals surface area contributed by atoms with Crippen LogP contribution >= 0.6 is 0 Å². The zero-order valence-electron chi connectivity index (χ0n) is 15.3. The van der Waals surface area contributed by atoms with Gasteiger partial charge >= 0.3 is 0 Å². The average Bonchev–Trinajstić information content (AvgIpc) is 2.94. The zero-order valence-corrected chi connectivity index (χ0v) is 16.1. The quantitative estimate of drug-likeness (QED) is 0.666. The third-order valence-corrected chi connectivity index (χ3v) is 6.82. The summed E-state index contributed by atoms with van der Waals surface area (Å²) in [6, 6.07) is 0. The van der Waals surface area contributed by atoms with Crippen LogP contribution in [0.1, 0.15) is 5.56 Å². The second-order valence-corrected chi connectivity index (χ2v) is 9.30. The first-order valence-corrected chi connectivity index (χ1v) is 10.4. The van der Waals surface area contributed by atoms with E-state index in [4.69, 9.17) is 4.74 Å². The van der Waals surface area contributed by atoms with Crippen molar-refractivity contribution in [3.05, 3.63) is 18.0 Å². The molecule has 0 bridgehead atoms. The van der Waals surface area contributed by atoms with Gasteiger partial charge in [0.15, 0.2) is 0 Å². The van der Waals surface area contributed by atoms with E-state index in [2.05, 4.69) is 14.9 Å². The summed E-state index contributed by atoms with van der Waals surface area (Å²) < 4.78 is 30.6. The van der Waals surface area contributed by atoms with Crippen LogP contribution in [0.15, 0.2) is 12.4 Å². The SMILES string of the molecule is CN(C)S(=O)(=O)C[C@@H]1CN(Cc2cnc(N3CCOCC3)nc2)C[C@@H]1O. The maximum atomic E-state index is 12.0. The molecular formula is C16H27N5O4S. The molecule has 0 radical (unpaired) electrons. The lowest BCUT2D eigenvalue weighted by atomic mass is 10.1. The summed E-state index contributed by atoms with van der Waals surface area (Å²) in [7, 11) is -0.291. The van der Waals surface area contributed by atoms with Crippen molar-refractivity contribution in [3.8, 4) is 0 Å². The van der Waals surface area contributed by atoms with Crippen LogP contribution in [0.25, 0.3) is 0 Å². The number of anilines is 1. The molecule has 0 aliphatic carbocycles. The van der Waals surface area contributed by atoms with Crippen LogP contribution in [0.2, 0.25) is 0 Å². The summed E-state index contributed by atoms with van der Waals surface area (Å²) in [4.78, 5) is 13.0. The van der Waals surface area contributed by atoms with Crippen LogP contribution in [-0.4, -0.2) is 98.0 Å².